The van der Waals surface area contributed by atoms with E-state index in [1.807, 2.05) is 19.1 Å². The van der Waals surface area contributed by atoms with Crippen molar-refractivity contribution in [2.45, 2.75) is 26.3 Å². The Hall–Kier alpha value is -1.82. The molecule has 1 aliphatic rings. The Morgan fingerprint density at radius 1 is 1.52 bits per heavy atom. The molecular formula is C15H19N3O2S. The second-order valence-corrected chi connectivity index (χ2v) is 5.79. The number of aromatic nitrogens is 1. The Labute approximate surface area is 128 Å². The van der Waals surface area contributed by atoms with Crippen LogP contribution in [-0.4, -0.2) is 39.4 Å². The second-order valence-electron chi connectivity index (χ2n) is 4.79. The van der Waals surface area contributed by atoms with Gasteiger partial charge in [0.1, 0.15) is 11.9 Å². The molecule has 1 saturated heterocycles. The van der Waals surface area contributed by atoms with E-state index < -0.39 is 6.04 Å². The fourth-order valence-electron chi connectivity index (χ4n) is 2.13. The first-order valence-electron chi connectivity index (χ1n) is 6.91. The number of carbonyl (C=O) groups excluding carboxylic acids is 2. The van der Waals surface area contributed by atoms with E-state index in [4.69, 9.17) is 0 Å². The zero-order valence-electron chi connectivity index (χ0n) is 12.2. The second kappa shape index (κ2) is 7.26. The van der Waals surface area contributed by atoms with Crippen LogP contribution in [0.5, 0.6) is 0 Å². The molecule has 2 rings (SSSR count). The molecule has 6 heteroatoms. The molecule has 0 saturated carbocycles. The molecule has 21 heavy (non-hydrogen) atoms. The molecule has 0 aromatic carbocycles. The van der Waals surface area contributed by atoms with Gasteiger partial charge in [0, 0.05) is 17.5 Å². The Bertz CT molecular complexity index is 545. The minimum Gasteiger partial charge on any atom is -0.317 e. The number of amides is 2. The number of anilines is 1. The van der Waals surface area contributed by atoms with Crippen molar-refractivity contribution < 1.29 is 9.59 Å². The van der Waals surface area contributed by atoms with Crippen molar-refractivity contribution in [1.29, 1.82) is 0 Å². The number of pyridine rings is 1. The van der Waals surface area contributed by atoms with Gasteiger partial charge < -0.3 is 10.2 Å². The van der Waals surface area contributed by atoms with E-state index in [9.17, 15) is 9.59 Å². The SMILES string of the molecule is CC/C=C(\C)C(=O)N1CSC[C@@H]1C(=O)Nc1ccccn1. The topological polar surface area (TPSA) is 62.3 Å². The number of rotatable bonds is 4. The molecule has 0 bridgehead atoms. The van der Waals surface area contributed by atoms with Crippen molar-refractivity contribution in [3.8, 4) is 0 Å². The minimum absolute atomic E-state index is 0.0666. The lowest BCUT2D eigenvalue weighted by Crippen LogP contribution is -2.44. The van der Waals surface area contributed by atoms with Gasteiger partial charge in [0.25, 0.3) is 5.91 Å². The first-order valence-corrected chi connectivity index (χ1v) is 8.06. The average Bonchev–Trinajstić information content (AvgIpc) is 2.97. The van der Waals surface area contributed by atoms with Gasteiger partial charge in [-0.2, -0.15) is 0 Å². The highest BCUT2D eigenvalue weighted by molar-refractivity contribution is 7.99. The highest BCUT2D eigenvalue weighted by atomic mass is 32.2. The van der Waals surface area contributed by atoms with Crippen molar-refractivity contribution in [2.24, 2.45) is 0 Å². The van der Waals surface area contributed by atoms with E-state index in [2.05, 4.69) is 10.3 Å². The molecule has 1 aliphatic heterocycles. The van der Waals surface area contributed by atoms with Crippen LogP contribution in [0.1, 0.15) is 20.3 Å². The summed E-state index contributed by atoms with van der Waals surface area (Å²) in [6.07, 6.45) is 4.32. The summed E-state index contributed by atoms with van der Waals surface area (Å²) in [7, 11) is 0. The molecule has 112 valence electrons. The van der Waals surface area contributed by atoms with Gasteiger partial charge in [-0.05, 0) is 25.5 Å². The van der Waals surface area contributed by atoms with Gasteiger partial charge in [-0.15, -0.1) is 11.8 Å². The van der Waals surface area contributed by atoms with Crippen LogP contribution >= 0.6 is 11.8 Å². The van der Waals surface area contributed by atoms with Gasteiger partial charge in [0.05, 0.1) is 5.88 Å². The van der Waals surface area contributed by atoms with Crippen LogP contribution in [0.25, 0.3) is 0 Å². The zero-order chi connectivity index (χ0) is 15.2. The normalized spacial score (nSPS) is 18.7. The van der Waals surface area contributed by atoms with Crippen LogP contribution in [-0.2, 0) is 9.59 Å². The zero-order valence-corrected chi connectivity index (χ0v) is 13.0. The molecule has 2 amide bonds. The quantitative estimate of drug-likeness (QED) is 0.867. The van der Waals surface area contributed by atoms with Gasteiger partial charge in [-0.3, -0.25) is 9.59 Å². The maximum Gasteiger partial charge on any atom is 0.250 e. The van der Waals surface area contributed by atoms with E-state index in [0.29, 0.717) is 23.0 Å². The van der Waals surface area contributed by atoms with Gasteiger partial charge in [-0.1, -0.05) is 19.1 Å². The van der Waals surface area contributed by atoms with E-state index in [-0.39, 0.29) is 11.8 Å². The highest BCUT2D eigenvalue weighted by Crippen LogP contribution is 2.23. The third-order valence-corrected chi connectivity index (χ3v) is 4.22. The predicted molar refractivity (Wildman–Crippen MR) is 84.9 cm³/mol. The first-order chi connectivity index (χ1) is 10.1. The average molecular weight is 305 g/mol. The monoisotopic (exact) mass is 305 g/mol. The molecule has 0 aliphatic carbocycles. The van der Waals surface area contributed by atoms with Crippen LogP contribution in [0.2, 0.25) is 0 Å². The van der Waals surface area contributed by atoms with Gasteiger partial charge in [0.15, 0.2) is 0 Å². The van der Waals surface area contributed by atoms with Crippen LogP contribution in [0, 0.1) is 0 Å². The molecule has 2 heterocycles. The third kappa shape index (κ3) is 3.85. The molecule has 1 aromatic rings. The predicted octanol–water partition coefficient (Wildman–Crippen LogP) is 2.28. The summed E-state index contributed by atoms with van der Waals surface area (Å²) in [5, 5.41) is 2.76. The molecule has 5 nitrogen and oxygen atoms in total. The molecule has 0 spiro atoms. The molecule has 1 fully saturated rings. The van der Waals surface area contributed by atoms with Crippen LogP contribution < -0.4 is 5.32 Å². The first kappa shape index (κ1) is 15.6. The van der Waals surface area contributed by atoms with Gasteiger partial charge in [0.2, 0.25) is 5.91 Å². The maximum absolute atomic E-state index is 12.4. The van der Waals surface area contributed by atoms with Crippen LogP contribution in [0.15, 0.2) is 36.0 Å². The summed E-state index contributed by atoms with van der Waals surface area (Å²) >= 11 is 1.59. The van der Waals surface area contributed by atoms with E-state index in [0.717, 1.165) is 6.42 Å². The van der Waals surface area contributed by atoms with Crippen LogP contribution in [0.4, 0.5) is 5.82 Å². The summed E-state index contributed by atoms with van der Waals surface area (Å²) < 4.78 is 0. The lowest BCUT2D eigenvalue weighted by Gasteiger charge is -2.23. The molecule has 0 unspecified atom stereocenters. The Balaban J connectivity index is 2.06. The molecule has 1 N–H and O–H groups in total. The summed E-state index contributed by atoms with van der Waals surface area (Å²) in [6, 6.07) is 4.89. The Kier molecular flexibility index (Phi) is 5.38. The molecule has 1 aromatic heterocycles. The summed E-state index contributed by atoms with van der Waals surface area (Å²) in [6.45, 7) is 3.78. The van der Waals surface area contributed by atoms with Gasteiger partial charge >= 0.3 is 0 Å². The van der Waals surface area contributed by atoms with E-state index >= 15 is 0 Å². The lowest BCUT2D eigenvalue weighted by atomic mass is 10.2. The summed E-state index contributed by atoms with van der Waals surface area (Å²) in [4.78, 5) is 30.4. The number of hydrogen-bond acceptors (Lipinski definition) is 4. The van der Waals surface area contributed by atoms with E-state index in [1.165, 1.54) is 0 Å². The fourth-order valence-corrected chi connectivity index (χ4v) is 3.28. The maximum atomic E-state index is 12.4. The van der Waals surface area contributed by atoms with Crippen molar-refractivity contribution >= 4 is 29.4 Å². The summed E-state index contributed by atoms with van der Waals surface area (Å²) in [5.74, 6) is 1.42. The Morgan fingerprint density at radius 2 is 2.33 bits per heavy atom. The van der Waals surface area contributed by atoms with Crippen LogP contribution in [0.3, 0.4) is 0 Å². The number of nitrogens with zero attached hydrogens (tertiary/aromatic N) is 2. The summed E-state index contributed by atoms with van der Waals surface area (Å²) in [5.41, 5.74) is 0.690. The highest BCUT2D eigenvalue weighted by Gasteiger charge is 2.35. The van der Waals surface area contributed by atoms with E-state index in [1.54, 1.807) is 41.9 Å². The number of thioether (sulfide) groups is 1. The van der Waals surface area contributed by atoms with Crippen molar-refractivity contribution in [3.05, 3.63) is 36.0 Å². The number of hydrogen-bond donors (Lipinski definition) is 1. The number of carbonyl (C=O) groups is 2. The smallest absolute Gasteiger partial charge is 0.250 e. The molecule has 1 atom stereocenters. The number of nitrogens with one attached hydrogen (secondary N) is 1. The standard InChI is InChI=1S/C15H19N3O2S/c1-3-6-11(2)15(20)18-10-21-9-12(18)14(19)17-13-7-4-5-8-16-13/h4-8,12H,3,9-10H2,1-2H3,(H,16,17,19)/b11-6+/t12-/m1/s1. The minimum atomic E-state index is -0.440. The lowest BCUT2D eigenvalue weighted by molar-refractivity contribution is -0.133. The van der Waals surface area contributed by atoms with Crippen molar-refractivity contribution in [3.63, 3.8) is 0 Å². The van der Waals surface area contributed by atoms with Gasteiger partial charge in [-0.25, -0.2) is 4.98 Å². The molecule has 0 radical (unpaired) electrons. The van der Waals surface area contributed by atoms with Crippen molar-refractivity contribution in [2.75, 3.05) is 16.9 Å². The third-order valence-electron chi connectivity index (χ3n) is 3.21. The molecular weight excluding hydrogens is 286 g/mol. The largest absolute Gasteiger partial charge is 0.317 e. The van der Waals surface area contributed by atoms with Crippen molar-refractivity contribution in [1.82, 2.24) is 9.88 Å². The Morgan fingerprint density at radius 3 is 3.00 bits per heavy atom. The fraction of sp³-hybridized carbons (Fsp3) is 0.400. The number of allylic oxidation sites excluding steroid dienone is 1.